The minimum absolute atomic E-state index is 0.0314. The fourth-order valence-electron chi connectivity index (χ4n) is 3.79. The summed E-state index contributed by atoms with van der Waals surface area (Å²) < 4.78 is 27.7. The number of carbonyl (C=O) groups excluding carboxylic acids is 1. The summed E-state index contributed by atoms with van der Waals surface area (Å²) in [6.07, 6.45) is 1.36. The number of anilines is 1. The van der Waals surface area contributed by atoms with Gasteiger partial charge in [-0.2, -0.15) is 4.31 Å². The number of amides is 1. The summed E-state index contributed by atoms with van der Waals surface area (Å²) >= 11 is 1.21. The van der Waals surface area contributed by atoms with Crippen molar-refractivity contribution in [2.75, 3.05) is 18.0 Å². The predicted molar refractivity (Wildman–Crippen MR) is 120 cm³/mol. The molecule has 3 aromatic rings. The molecule has 2 aromatic carbocycles. The molecular formula is C23H24N2O3S2. The zero-order chi connectivity index (χ0) is 21.0. The third-order valence-corrected chi connectivity index (χ3v) is 8.58. The molecule has 1 unspecified atom stereocenters. The molecule has 7 heteroatoms. The first-order valence-electron chi connectivity index (χ1n) is 10.00. The minimum Gasteiger partial charge on any atom is -0.308 e. The molecule has 4 rings (SSSR count). The van der Waals surface area contributed by atoms with E-state index >= 15 is 0 Å². The van der Waals surface area contributed by atoms with Crippen molar-refractivity contribution >= 4 is 33.0 Å². The first kappa shape index (κ1) is 20.8. The van der Waals surface area contributed by atoms with Gasteiger partial charge in [-0.05, 0) is 42.0 Å². The van der Waals surface area contributed by atoms with Crippen molar-refractivity contribution in [1.82, 2.24) is 4.31 Å². The molecule has 1 atom stereocenters. The fourth-order valence-corrected chi connectivity index (χ4v) is 6.46. The highest BCUT2D eigenvalue weighted by Crippen LogP contribution is 2.29. The number of hydrogen-bond donors (Lipinski definition) is 0. The Morgan fingerprint density at radius 1 is 1.00 bits per heavy atom. The van der Waals surface area contributed by atoms with Gasteiger partial charge in [0.15, 0.2) is 0 Å². The fraction of sp³-hybridized carbons (Fsp3) is 0.261. The van der Waals surface area contributed by atoms with Crippen LogP contribution >= 0.6 is 11.3 Å². The van der Waals surface area contributed by atoms with E-state index in [-0.39, 0.29) is 18.4 Å². The van der Waals surface area contributed by atoms with E-state index in [1.54, 1.807) is 22.4 Å². The molecule has 1 aliphatic heterocycles. The summed E-state index contributed by atoms with van der Waals surface area (Å²) in [6.45, 7) is 1.13. The molecule has 1 aromatic heterocycles. The molecule has 0 N–H and O–H groups in total. The molecule has 0 radical (unpaired) electrons. The van der Waals surface area contributed by atoms with Crippen LogP contribution in [0.25, 0.3) is 0 Å². The largest absolute Gasteiger partial charge is 0.308 e. The van der Waals surface area contributed by atoms with Gasteiger partial charge in [0.05, 0.1) is 12.5 Å². The standard InChI is InChI=1S/C23H24N2O3S2/c26-23(20-11-7-15-24(18-20)30(27,28)22-14-8-16-29-22)25(21-12-5-2-6-13-21)17-19-9-3-1-4-10-19/h1-6,8-10,12-14,16,20H,7,11,15,17-18H2. The lowest BCUT2D eigenvalue weighted by molar-refractivity contribution is -0.123. The Kier molecular flexibility index (Phi) is 6.32. The van der Waals surface area contributed by atoms with Gasteiger partial charge in [-0.3, -0.25) is 4.79 Å². The average molecular weight is 441 g/mol. The number of piperidine rings is 1. The zero-order valence-corrected chi connectivity index (χ0v) is 18.2. The van der Waals surface area contributed by atoms with Gasteiger partial charge in [0.2, 0.25) is 5.91 Å². The molecule has 1 saturated heterocycles. The van der Waals surface area contributed by atoms with Gasteiger partial charge in [-0.25, -0.2) is 8.42 Å². The second kappa shape index (κ2) is 9.12. The van der Waals surface area contributed by atoms with Crippen molar-refractivity contribution in [2.24, 2.45) is 5.92 Å². The van der Waals surface area contributed by atoms with Gasteiger partial charge >= 0.3 is 0 Å². The van der Waals surface area contributed by atoms with Crippen LogP contribution in [0.2, 0.25) is 0 Å². The summed E-state index contributed by atoms with van der Waals surface area (Å²) in [7, 11) is -3.55. The summed E-state index contributed by atoms with van der Waals surface area (Å²) in [4.78, 5) is 15.3. The lowest BCUT2D eigenvalue weighted by Gasteiger charge is -2.34. The number of hydrogen-bond acceptors (Lipinski definition) is 4. The molecule has 2 heterocycles. The van der Waals surface area contributed by atoms with Gasteiger partial charge in [-0.15, -0.1) is 11.3 Å². The number of nitrogens with zero attached hydrogens (tertiary/aromatic N) is 2. The van der Waals surface area contributed by atoms with Crippen LogP contribution in [-0.4, -0.2) is 31.7 Å². The lowest BCUT2D eigenvalue weighted by atomic mass is 9.97. The Labute approximate surface area is 181 Å². The van der Waals surface area contributed by atoms with Crippen LogP contribution in [0.4, 0.5) is 5.69 Å². The minimum atomic E-state index is -3.55. The van der Waals surface area contributed by atoms with Gasteiger partial charge in [0.1, 0.15) is 4.21 Å². The number of para-hydroxylation sites is 1. The van der Waals surface area contributed by atoms with Crippen LogP contribution in [0.5, 0.6) is 0 Å². The smallest absolute Gasteiger partial charge is 0.252 e. The molecule has 0 spiro atoms. The molecule has 1 amide bonds. The van der Waals surface area contributed by atoms with Crippen molar-refractivity contribution in [3.05, 3.63) is 83.7 Å². The Balaban J connectivity index is 1.58. The maximum Gasteiger partial charge on any atom is 0.252 e. The van der Waals surface area contributed by atoms with E-state index in [1.807, 2.05) is 60.7 Å². The summed E-state index contributed by atoms with van der Waals surface area (Å²) in [5.74, 6) is -0.395. The van der Waals surface area contributed by atoms with Crippen LogP contribution in [0.3, 0.4) is 0 Å². The predicted octanol–water partition coefficient (Wildman–Crippen LogP) is 4.38. The zero-order valence-electron chi connectivity index (χ0n) is 16.6. The summed E-state index contributed by atoms with van der Waals surface area (Å²) in [5, 5.41) is 1.76. The van der Waals surface area contributed by atoms with Crippen LogP contribution < -0.4 is 4.90 Å². The van der Waals surface area contributed by atoms with Gasteiger partial charge in [-0.1, -0.05) is 54.6 Å². The van der Waals surface area contributed by atoms with E-state index in [1.165, 1.54) is 15.6 Å². The quantitative estimate of drug-likeness (QED) is 0.571. The lowest BCUT2D eigenvalue weighted by Crippen LogP contribution is -2.46. The highest BCUT2D eigenvalue weighted by atomic mass is 32.2. The number of rotatable bonds is 6. The van der Waals surface area contributed by atoms with Crippen LogP contribution in [-0.2, 0) is 21.4 Å². The highest BCUT2D eigenvalue weighted by Gasteiger charge is 2.35. The average Bonchev–Trinajstić information content (AvgIpc) is 3.34. The van der Waals surface area contributed by atoms with E-state index in [9.17, 15) is 13.2 Å². The molecule has 0 aliphatic carbocycles. The maximum atomic E-state index is 13.6. The Hall–Kier alpha value is -2.48. The molecule has 30 heavy (non-hydrogen) atoms. The van der Waals surface area contributed by atoms with E-state index in [0.29, 0.717) is 30.1 Å². The van der Waals surface area contributed by atoms with Crippen LogP contribution in [0, 0.1) is 5.92 Å². The third kappa shape index (κ3) is 4.48. The number of thiophene rings is 1. The van der Waals surface area contributed by atoms with E-state index in [0.717, 1.165) is 11.3 Å². The number of benzene rings is 2. The van der Waals surface area contributed by atoms with Crippen molar-refractivity contribution < 1.29 is 13.2 Å². The highest BCUT2D eigenvalue weighted by molar-refractivity contribution is 7.91. The van der Waals surface area contributed by atoms with Crippen LogP contribution in [0.1, 0.15) is 18.4 Å². The Morgan fingerprint density at radius 2 is 1.70 bits per heavy atom. The molecule has 1 aliphatic rings. The first-order valence-corrected chi connectivity index (χ1v) is 12.3. The van der Waals surface area contributed by atoms with E-state index < -0.39 is 10.0 Å². The van der Waals surface area contributed by atoms with E-state index in [2.05, 4.69) is 0 Å². The summed E-state index contributed by atoms with van der Waals surface area (Å²) in [5.41, 5.74) is 1.86. The number of sulfonamides is 1. The molecule has 0 saturated carbocycles. The van der Waals surface area contributed by atoms with Crippen LogP contribution in [0.15, 0.2) is 82.4 Å². The van der Waals surface area contributed by atoms with E-state index in [4.69, 9.17) is 0 Å². The second-order valence-electron chi connectivity index (χ2n) is 7.38. The molecule has 5 nitrogen and oxygen atoms in total. The monoisotopic (exact) mass is 440 g/mol. The maximum absolute atomic E-state index is 13.6. The molecule has 156 valence electrons. The normalized spacial score (nSPS) is 17.5. The molecular weight excluding hydrogens is 416 g/mol. The first-order chi connectivity index (χ1) is 14.6. The van der Waals surface area contributed by atoms with Gasteiger partial charge < -0.3 is 4.90 Å². The van der Waals surface area contributed by atoms with Gasteiger partial charge in [0, 0.05) is 18.8 Å². The van der Waals surface area contributed by atoms with Crippen molar-refractivity contribution in [1.29, 1.82) is 0 Å². The van der Waals surface area contributed by atoms with Crippen molar-refractivity contribution in [3.8, 4) is 0 Å². The molecule has 1 fully saturated rings. The van der Waals surface area contributed by atoms with Crippen molar-refractivity contribution in [2.45, 2.75) is 23.6 Å². The number of carbonyl (C=O) groups is 1. The third-order valence-electron chi connectivity index (χ3n) is 5.34. The SMILES string of the molecule is O=C(C1CCCN(S(=O)(=O)c2cccs2)C1)N(Cc1ccccc1)c1ccccc1. The second-order valence-corrected chi connectivity index (χ2v) is 10.5. The Bertz CT molecular complexity index is 1070. The topological polar surface area (TPSA) is 57.7 Å². The molecule has 0 bridgehead atoms. The van der Waals surface area contributed by atoms with Gasteiger partial charge in [0.25, 0.3) is 10.0 Å². The summed E-state index contributed by atoms with van der Waals surface area (Å²) in [6, 6.07) is 22.8. The van der Waals surface area contributed by atoms with Crippen molar-refractivity contribution in [3.63, 3.8) is 0 Å². The Morgan fingerprint density at radius 3 is 2.37 bits per heavy atom.